The van der Waals surface area contributed by atoms with E-state index in [4.69, 9.17) is 14.6 Å². The molecule has 16 heavy (non-hydrogen) atoms. The van der Waals surface area contributed by atoms with Crippen LogP contribution in [0, 0.1) is 0 Å². The maximum atomic E-state index is 10.4. The van der Waals surface area contributed by atoms with E-state index in [0.29, 0.717) is 24.3 Å². The van der Waals surface area contributed by atoms with Gasteiger partial charge in [-0.3, -0.25) is 9.78 Å². The lowest BCUT2D eigenvalue weighted by atomic mass is 10.1. The average molecular weight is 225 g/mol. The van der Waals surface area contributed by atoms with E-state index in [2.05, 4.69) is 4.98 Å². The molecule has 0 aliphatic heterocycles. The maximum Gasteiger partial charge on any atom is 0.303 e. The highest BCUT2D eigenvalue weighted by Gasteiger charge is 2.10. The first-order valence-electron chi connectivity index (χ1n) is 4.95. The number of carboxylic acid groups (broad SMARTS) is 1. The molecule has 0 radical (unpaired) electrons. The molecule has 0 aliphatic rings. The molecule has 0 unspecified atom stereocenters. The quantitative estimate of drug-likeness (QED) is 0.794. The molecule has 1 aromatic heterocycles. The SMILES string of the molecule is COc1cncc(OC)c1CCCC(=O)O. The van der Waals surface area contributed by atoms with Gasteiger partial charge in [0, 0.05) is 12.0 Å². The minimum atomic E-state index is -0.799. The monoisotopic (exact) mass is 225 g/mol. The Morgan fingerprint density at radius 2 is 1.88 bits per heavy atom. The zero-order valence-corrected chi connectivity index (χ0v) is 9.40. The van der Waals surface area contributed by atoms with Crippen LogP contribution in [0.15, 0.2) is 12.4 Å². The van der Waals surface area contributed by atoms with Crippen LogP contribution >= 0.6 is 0 Å². The number of pyridine rings is 1. The number of hydrogen-bond donors (Lipinski definition) is 1. The van der Waals surface area contributed by atoms with Gasteiger partial charge in [0.25, 0.3) is 0 Å². The number of carboxylic acids is 1. The summed E-state index contributed by atoms with van der Waals surface area (Å²) in [5, 5.41) is 8.57. The van der Waals surface area contributed by atoms with Crippen molar-refractivity contribution in [1.82, 2.24) is 4.98 Å². The second-order valence-corrected chi connectivity index (χ2v) is 3.27. The molecule has 0 fully saturated rings. The molecule has 0 aliphatic carbocycles. The summed E-state index contributed by atoms with van der Waals surface area (Å²) < 4.78 is 10.3. The summed E-state index contributed by atoms with van der Waals surface area (Å²) in [4.78, 5) is 14.4. The van der Waals surface area contributed by atoms with Crippen molar-refractivity contribution in [2.45, 2.75) is 19.3 Å². The minimum Gasteiger partial charge on any atom is -0.495 e. The first-order valence-corrected chi connectivity index (χ1v) is 4.95. The molecule has 0 saturated carbocycles. The van der Waals surface area contributed by atoms with Gasteiger partial charge in [-0.25, -0.2) is 0 Å². The van der Waals surface area contributed by atoms with Gasteiger partial charge in [-0.1, -0.05) is 0 Å². The highest BCUT2D eigenvalue weighted by molar-refractivity contribution is 5.66. The Morgan fingerprint density at radius 1 is 1.31 bits per heavy atom. The van der Waals surface area contributed by atoms with Crippen LogP contribution in [0.2, 0.25) is 0 Å². The Kier molecular flexibility index (Phi) is 4.57. The molecule has 0 spiro atoms. The lowest BCUT2D eigenvalue weighted by Crippen LogP contribution is -2.00. The number of nitrogens with zero attached hydrogens (tertiary/aromatic N) is 1. The molecule has 1 aromatic rings. The van der Waals surface area contributed by atoms with Crippen LogP contribution in [0.3, 0.4) is 0 Å². The third-order valence-electron chi connectivity index (χ3n) is 2.24. The van der Waals surface area contributed by atoms with E-state index in [1.165, 1.54) is 0 Å². The van der Waals surface area contributed by atoms with Gasteiger partial charge < -0.3 is 14.6 Å². The zero-order chi connectivity index (χ0) is 12.0. The average Bonchev–Trinajstić information content (AvgIpc) is 2.28. The van der Waals surface area contributed by atoms with Crippen molar-refractivity contribution >= 4 is 5.97 Å². The van der Waals surface area contributed by atoms with Crippen molar-refractivity contribution in [2.75, 3.05) is 14.2 Å². The summed E-state index contributed by atoms with van der Waals surface area (Å²) >= 11 is 0. The summed E-state index contributed by atoms with van der Waals surface area (Å²) in [6.07, 6.45) is 4.47. The van der Waals surface area contributed by atoms with Gasteiger partial charge in [-0.2, -0.15) is 0 Å². The molecule has 88 valence electrons. The van der Waals surface area contributed by atoms with Gasteiger partial charge in [-0.05, 0) is 12.8 Å². The molecule has 0 saturated heterocycles. The highest BCUT2D eigenvalue weighted by Crippen LogP contribution is 2.28. The summed E-state index contributed by atoms with van der Waals surface area (Å²) in [6, 6.07) is 0. The Bertz CT molecular complexity index is 343. The normalized spacial score (nSPS) is 9.88. The lowest BCUT2D eigenvalue weighted by Gasteiger charge is -2.11. The fourth-order valence-corrected chi connectivity index (χ4v) is 1.46. The Hall–Kier alpha value is -1.78. The Labute approximate surface area is 94.0 Å². The van der Waals surface area contributed by atoms with Crippen molar-refractivity contribution in [1.29, 1.82) is 0 Å². The number of rotatable bonds is 6. The van der Waals surface area contributed by atoms with Crippen molar-refractivity contribution in [2.24, 2.45) is 0 Å². The predicted octanol–water partition coefficient (Wildman–Crippen LogP) is 1.51. The molecule has 1 rings (SSSR count). The number of methoxy groups -OCH3 is 2. The molecule has 0 amide bonds. The van der Waals surface area contributed by atoms with E-state index in [1.807, 2.05) is 0 Å². The van der Waals surface area contributed by atoms with Crippen LogP contribution in [0.25, 0.3) is 0 Å². The van der Waals surface area contributed by atoms with Crippen molar-refractivity contribution in [3.8, 4) is 11.5 Å². The maximum absolute atomic E-state index is 10.4. The third-order valence-corrected chi connectivity index (χ3v) is 2.24. The van der Waals surface area contributed by atoms with E-state index in [-0.39, 0.29) is 6.42 Å². The van der Waals surface area contributed by atoms with E-state index in [0.717, 1.165) is 5.56 Å². The summed E-state index contributed by atoms with van der Waals surface area (Å²) in [5.74, 6) is 0.460. The fourth-order valence-electron chi connectivity index (χ4n) is 1.46. The van der Waals surface area contributed by atoms with Crippen LogP contribution in [0.1, 0.15) is 18.4 Å². The van der Waals surface area contributed by atoms with Gasteiger partial charge >= 0.3 is 5.97 Å². The van der Waals surface area contributed by atoms with Crippen molar-refractivity contribution < 1.29 is 19.4 Å². The molecular weight excluding hydrogens is 210 g/mol. The van der Waals surface area contributed by atoms with E-state index < -0.39 is 5.97 Å². The standard InChI is InChI=1S/C11H15NO4/c1-15-9-6-12-7-10(16-2)8(9)4-3-5-11(13)14/h6-7H,3-5H2,1-2H3,(H,13,14). The van der Waals surface area contributed by atoms with Crippen LogP contribution in [-0.2, 0) is 11.2 Å². The molecule has 1 heterocycles. The second-order valence-electron chi connectivity index (χ2n) is 3.27. The smallest absolute Gasteiger partial charge is 0.303 e. The summed E-state index contributed by atoms with van der Waals surface area (Å²) in [5.41, 5.74) is 0.862. The van der Waals surface area contributed by atoms with Crippen LogP contribution < -0.4 is 9.47 Å². The van der Waals surface area contributed by atoms with Crippen molar-refractivity contribution in [3.05, 3.63) is 18.0 Å². The molecule has 0 aromatic carbocycles. The molecule has 0 atom stereocenters. The topological polar surface area (TPSA) is 68.7 Å². The largest absolute Gasteiger partial charge is 0.495 e. The van der Waals surface area contributed by atoms with E-state index >= 15 is 0 Å². The summed E-state index contributed by atoms with van der Waals surface area (Å²) in [7, 11) is 3.11. The minimum absolute atomic E-state index is 0.134. The van der Waals surface area contributed by atoms with Gasteiger partial charge in [0.2, 0.25) is 0 Å². The van der Waals surface area contributed by atoms with E-state index in [1.54, 1.807) is 26.6 Å². The number of ether oxygens (including phenoxy) is 2. The molecular formula is C11H15NO4. The number of carbonyl (C=O) groups is 1. The van der Waals surface area contributed by atoms with Crippen LogP contribution in [0.4, 0.5) is 0 Å². The zero-order valence-electron chi connectivity index (χ0n) is 9.40. The molecule has 5 nitrogen and oxygen atoms in total. The predicted molar refractivity (Wildman–Crippen MR) is 57.9 cm³/mol. The molecule has 5 heteroatoms. The van der Waals surface area contributed by atoms with Crippen molar-refractivity contribution in [3.63, 3.8) is 0 Å². The van der Waals surface area contributed by atoms with Gasteiger partial charge in [0.05, 0.1) is 26.6 Å². The molecule has 0 bridgehead atoms. The van der Waals surface area contributed by atoms with Gasteiger partial charge in [0.15, 0.2) is 0 Å². The van der Waals surface area contributed by atoms with Crippen LogP contribution in [-0.4, -0.2) is 30.3 Å². The molecule has 1 N–H and O–H groups in total. The Morgan fingerprint density at radius 3 is 2.31 bits per heavy atom. The first-order chi connectivity index (χ1) is 7.69. The number of aromatic nitrogens is 1. The van der Waals surface area contributed by atoms with Gasteiger partial charge in [-0.15, -0.1) is 0 Å². The lowest BCUT2D eigenvalue weighted by molar-refractivity contribution is -0.137. The highest BCUT2D eigenvalue weighted by atomic mass is 16.5. The number of hydrogen-bond acceptors (Lipinski definition) is 4. The van der Waals surface area contributed by atoms with E-state index in [9.17, 15) is 4.79 Å². The number of aliphatic carboxylic acids is 1. The van der Waals surface area contributed by atoms with Gasteiger partial charge in [0.1, 0.15) is 11.5 Å². The second kappa shape index (κ2) is 5.95. The fraction of sp³-hybridized carbons (Fsp3) is 0.455. The van der Waals surface area contributed by atoms with Crippen LogP contribution in [0.5, 0.6) is 11.5 Å². The Balaban J connectivity index is 2.78. The summed E-state index contributed by atoms with van der Waals surface area (Å²) in [6.45, 7) is 0. The third kappa shape index (κ3) is 3.12. The first kappa shape index (κ1) is 12.3.